The average molecular weight is 351 g/mol. The van der Waals surface area contributed by atoms with Gasteiger partial charge in [0.05, 0.1) is 10.6 Å². The zero-order chi connectivity index (χ0) is 17.2. The van der Waals surface area contributed by atoms with Gasteiger partial charge in [-0.05, 0) is 50.3 Å². The number of piperidine rings is 1. The number of carboxylic acid groups (broad SMARTS) is 1. The van der Waals surface area contributed by atoms with Crippen LogP contribution < -0.4 is 10.2 Å². The van der Waals surface area contributed by atoms with Crippen LogP contribution in [0.2, 0.25) is 5.02 Å². The van der Waals surface area contributed by atoms with Crippen molar-refractivity contribution >= 4 is 29.2 Å². The number of anilines is 1. The molecule has 5 nitrogen and oxygen atoms in total. The first-order valence-electron chi connectivity index (χ1n) is 8.62. The first-order chi connectivity index (χ1) is 11.5. The standard InChI is InChI=1S/C18H23ClN2O3/c19-15-7-6-13(21-10-4-1-5-11-21)12-14(15)16(22)20-18(17(23)24)8-2-3-9-18/h6-7,12H,1-5,8-11H2,(H,20,22)(H,23,24). The quantitative estimate of drug-likeness (QED) is 0.872. The Balaban J connectivity index is 1.82. The van der Waals surface area contributed by atoms with E-state index in [9.17, 15) is 14.7 Å². The molecule has 130 valence electrons. The Morgan fingerprint density at radius 2 is 1.75 bits per heavy atom. The highest BCUT2D eigenvalue weighted by Gasteiger charge is 2.43. The van der Waals surface area contributed by atoms with Crippen molar-refractivity contribution in [1.82, 2.24) is 5.32 Å². The molecule has 0 unspecified atom stereocenters. The lowest BCUT2D eigenvalue weighted by molar-refractivity contribution is -0.144. The fraction of sp³-hybridized carbons (Fsp3) is 0.556. The third kappa shape index (κ3) is 3.36. The third-order valence-corrected chi connectivity index (χ3v) is 5.46. The molecule has 1 aliphatic heterocycles. The van der Waals surface area contributed by atoms with Gasteiger partial charge in [-0.1, -0.05) is 24.4 Å². The topological polar surface area (TPSA) is 69.6 Å². The van der Waals surface area contributed by atoms with Gasteiger partial charge in [0.25, 0.3) is 5.91 Å². The van der Waals surface area contributed by atoms with Gasteiger partial charge >= 0.3 is 5.97 Å². The number of aliphatic carboxylic acids is 1. The van der Waals surface area contributed by atoms with Crippen LogP contribution in [0.3, 0.4) is 0 Å². The van der Waals surface area contributed by atoms with Crippen LogP contribution in [0.15, 0.2) is 18.2 Å². The van der Waals surface area contributed by atoms with Crippen molar-refractivity contribution in [2.45, 2.75) is 50.5 Å². The fourth-order valence-corrected chi connectivity index (χ4v) is 3.89. The van der Waals surface area contributed by atoms with Gasteiger partial charge in [-0.15, -0.1) is 0 Å². The molecule has 0 spiro atoms. The van der Waals surface area contributed by atoms with E-state index in [2.05, 4.69) is 10.2 Å². The normalized spacial score (nSPS) is 20.0. The minimum atomic E-state index is -1.15. The van der Waals surface area contributed by atoms with E-state index in [-0.39, 0.29) is 0 Å². The summed E-state index contributed by atoms with van der Waals surface area (Å²) in [6.45, 7) is 1.95. The Labute approximate surface area is 147 Å². The van der Waals surface area contributed by atoms with Crippen molar-refractivity contribution in [3.8, 4) is 0 Å². The number of benzene rings is 1. The number of nitrogens with one attached hydrogen (secondary N) is 1. The molecule has 24 heavy (non-hydrogen) atoms. The molecule has 3 rings (SSSR count). The first kappa shape index (κ1) is 17.1. The van der Waals surface area contributed by atoms with Crippen LogP contribution in [0.4, 0.5) is 5.69 Å². The second-order valence-electron chi connectivity index (χ2n) is 6.76. The van der Waals surface area contributed by atoms with Crippen molar-refractivity contribution in [3.63, 3.8) is 0 Å². The molecule has 0 atom stereocenters. The summed E-state index contributed by atoms with van der Waals surface area (Å²) in [5.41, 5.74) is 0.175. The summed E-state index contributed by atoms with van der Waals surface area (Å²) in [6.07, 6.45) is 6.09. The number of halogens is 1. The van der Waals surface area contributed by atoms with Gasteiger partial charge in [-0.3, -0.25) is 4.79 Å². The SMILES string of the molecule is O=C(NC1(C(=O)O)CCCC1)c1cc(N2CCCCC2)ccc1Cl. The van der Waals surface area contributed by atoms with Gasteiger partial charge in [0, 0.05) is 18.8 Å². The smallest absolute Gasteiger partial charge is 0.329 e. The Kier molecular flexibility index (Phi) is 4.99. The number of hydrogen-bond donors (Lipinski definition) is 2. The summed E-state index contributed by atoms with van der Waals surface area (Å²) >= 11 is 6.21. The largest absolute Gasteiger partial charge is 0.480 e. The Morgan fingerprint density at radius 3 is 2.38 bits per heavy atom. The molecule has 0 bridgehead atoms. The molecule has 1 saturated heterocycles. The van der Waals surface area contributed by atoms with Crippen LogP contribution in [-0.4, -0.2) is 35.6 Å². The van der Waals surface area contributed by atoms with E-state index in [0.29, 0.717) is 23.4 Å². The number of amides is 1. The highest BCUT2D eigenvalue weighted by molar-refractivity contribution is 6.34. The van der Waals surface area contributed by atoms with Crippen molar-refractivity contribution in [1.29, 1.82) is 0 Å². The van der Waals surface area contributed by atoms with E-state index in [0.717, 1.165) is 44.5 Å². The molecular formula is C18H23ClN2O3. The molecule has 2 N–H and O–H groups in total. The number of hydrogen-bond acceptors (Lipinski definition) is 3. The van der Waals surface area contributed by atoms with Crippen molar-refractivity contribution in [3.05, 3.63) is 28.8 Å². The number of rotatable bonds is 4. The molecule has 0 aromatic heterocycles. The van der Waals surface area contributed by atoms with Gasteiger partial charge < -0.3 is 15.3 Å². The van der Waals surface area contributed by atoms with E-state index < -0.39 is 17.4 Å². The van der Waals surface area contributed by atoms with Crippen LogP contribution in [0.25, 0.3) is 0 Å². The van der Waals surface area contributed by atoms with E-state index in [1.807, 2.05) is 6.07 Å². The lowest BCUT2D eigenvalue weighted by Crippen LogP contribution is -2.52. The van der Waals surface area contributed by atoms with Crippen molar-refractivity contribution in [2.24, 2.45) is 0 Å². The van der Waals surface area contributed by atoms with Crippen LogP contribution in [0.1, 0.15) is 55.3 Å². The first-order valence-corrected chi connectivity index (χ1v) is 9.00. The summed E-state index contributed by atoms with van der Waals surface area (Å²) < 4.78 is 0. The van der Waals surface area contributed by atoms with E-state index in [1.165, 1.54) is 6.42 Å². The monoisotopic (exact) mass is 350 g/mol. The predicted molar refractivity (Wildman–Crippen MR) is 93.8 cm³/mol. The minimum absolute atomic E-state index is 0.354. The maximum Gasteiger partial charge on any atom is 0.329 e. The van der Waals surface area contributed by atoms with E-state index >= 15 is 0 Å². The number of nitrogens with zero attached hydrogens (tertiary/aromatic N) is 1. The molecule has 1 aliphatic carbocycles. The second-order valence-corrected chi connectivity index (χ2v) is 7.17. The highest BCUT2D eigenvalue weighted by Crippen LogP contribution is 2.31. The van der Waals surface area contributed by atoms with Gasteiger partial charge in [-0.2, -0.15) is 0 Å². The molecule has 1 aromatic carbocycles. The van der Waals surface area contributed by atoms with Crippen molar-refractivity contribution < 1.29 is 14.7 Å². The molecule has 2 fully saturated rings. The van der Waals surface area contributed by atoms with Gasteiger partial charge in [0.2, 0.25) is 0 Å². The van der Waals surface area contributed by atoms with Gasteiger partial charge in [0.15, 0.2) is 0 Å². The van der Waals surface area contributed by atoms with Gasteiger partial charge in [0.1, 0.15) is 5.54 Å². The maximum atomic E-state index is 12.7. The minimum Gasteiger partial charge on any atom is -0.480 e. The predicted octanol–water partition coefficient (Wildman–Crippen LogP) is 3.46. The number of carboxylic acids is 1. The molecule has 1 saturated carbocycles. The number of carbonyl (C=O) groups is 2. The van der Waals surface area contributed by atoms with Crippen LogP contribution >= 0.6 is 11.6 Å². The summed E-state index contributed by atoms with van der Waals surface area (Å²) in [4.78, 5) is 26.6. The molecule has 1 heterocycles. The lowest BCUT2D eigenvalue weighted by atomic mass is 9.97. The molecular weight excluding hydrogens is 328 g/mol. The van der Waals surface area contributed by atoms with Crippen LogP contribution in [-0.2, 0) is 4.79 Å². The molecule has 2 aliphatic rings. The molecule has 6 heteroatoms. The zero-order valence-electron chi connectivity index (χ0n) is 13.7. The van der Waals surface area contributed by atoms with Gasteiger partial charge in [-0.25, -0.2) is 4.79 Å². The molecule has 0 radical (unpaired) electrons. The summed E-state index contributed by atoms with van der Waals surface area (Å²) in [5, 5.41) is 12.6. The number of carbonyl (C=O) groups excluding carboxylic acids is 1. The van der Waals surface area contributed by atoms with Crippen molar-refractivity contribution in [2.75, 3.05) is 18.0 Å². The third-order valence-electron chi connectivity index (χ3n) is 5.14. The van der Waals surface area contributed by atoms with Crippen LogP contribution in [0.5, 0.6) is 0 Å². The van der Waals surface area contributed by atoms with E-state index in [4.69, 9.17) is 11.6 Å². The molecule has 1 amide bonds. The Morgan fingerprint density at radius 1 is 1.08 bits per heavy atom. The maximum absolute atomic E-state index is 12.7. The highest BCUT2D eigenvalue weighted by atomic mass is 35.5. The summed E-state index contributed by atoms with van der Waals surface area (Å²) in [6, 6.07) is 5.43. The fourth-order valence-electron chi connectivity index (χ4n) is 3.69. The summed E-state index contributed by atoms with van der Waals surface area (Å²) in [5.74, 6) is -1.36. The zero-order valence-corrected chi connectivity index (χ0v) is 14.4. The molecule has 1 aromatic rings. The average Bonchev–Trinajstić information content (AvgIpc) is 3.06. The lowest BCUT2D eigenvalue weighted by Gasteiger charge is -2.30. The second kappa shape index (κ2) is 7.01. The Bertz CT molecular complexity index is 635. The van der Waals surface area contributed by atoms with Crippen LogP contribution in [0, 0.1) is 0 Å². The Hall–Kier alpha value is -1.75. The van der Waals surface area contributed by atoms with E-state index in [1.54, 1.807) is 12.1 Å². The summed E-state index contributed by atoms with van der Waals surface area (Å²) in [7, 11) is 0.